The molecule has 1 aliphatic heterocycles. The number of rotatable bonds is 5. The van der Waals surface area contributed by atoms with Crippen molar-refractivity contribution in [3.8, 4) is 5.75 Å². The molecule has 0 bridgehead atoms. The van der Waals surface area contributed by atoms with Crippen molar-refractivity contribution in [1.29, 1.82) is 0 Å². The molecule has 1 N–H and O–H groups in total. The van der Waals surface area contributed by atoms with Crippen LogP contribution in [0.2, 0.25) is 0 Å². The van der Waals surface area contributed by atoms with Crippen molar-refractivity contribution in [2.24, 2.45) is 5.10 Å². The van der Waals surface area contributed by atoms with Crippen LogP contribution in [0.25, 0.3) is 5.76 Å². The normalized spacial score (nSPS) is 15.3. The molecule has 0 spiro atoms. The predicted molar refractivity (Wildman–Crippen MR) is 132 cm³/mol. The molecule has 3 nitrogen and oxygen atoms in total. The minimum atomic E-state index is 0.0117. The first-order chi connectivity index (χ1) is 15.8. The summed E-state index contributed by atoms with van der Waals surface area (Å²) in [7, 11) is 0. The Balaban J connectivity index is 1.68. The lowest BCUT2D eigenvalue weighted by molar-refractivity contribution is 0.489. The minimum Gasteiger partial charge on any atom is -0.456 e. The highest BCUT2D eigenvalue weighted by Crippen LogP contribution is 2.45. The summed E-state index contributed by atoms with van der Waals surface area (Å²) in [6.07, 6.45) is 1.91. The number of nitrogens with zero attached hydrogens (tertiary/aromatic N) is 1. The van der Waals surface area contributed by atoms with Crippen LogP contribution in [0, 0.1) is 6.92 Å². The third kappa shape index (κ3) is 3.93. The summed E-state index contributed by atoms with van der Waals surface area (Å²) < 4.78 is 6.49. The van der Waals surface area contributed by atoms with Gasteiger partial charge in [0.1, 0.15) is 11.5 Å². The second-order valence-corrected chi connectivity index (χ2v) is 7.82. The van der Waals surface area contributed by atoms with Gasteiger partial charge in [-0.15, -0.1) is 0 Å². The minimum absolute atomic E-state index is 0.0117. The monoisotopic (exact) mass is 416 g/mol. The molecule has 0 saturated heterocycles. The Morgan fingerprint density at radius 1 is 0.719 bits per heavy atom. The largest absolute Gasteiger partial charge is 0.456 e. The van der Waals surface area contributed by atoms with E-state index >= 15 is 0 Å². The fraction of sp³-hybridized carbons (Fsp3) is 0.0690. The smallest absolute Gasteiger partial charge is 0.140 e. The first-order valence-electron chi connectivity index (χ1n) is 10.8. The summed E-state index contributed by atoms with van der Waals surface area (Å²) in [5, 5.41) is 4.61. The van der Waals surface area contributed by atoms with Gasteiger partial charge in [0.25, 0.3) is 0 Å². The number of anilines is 1. The van der Waals surface area contributed by atoms with Gasteiger partial charge in [-0.3, -0.25) is 5.43 Å². The van der Waals surface area contributed by atoms with Gasteiger partial charge in [-0.25, -0.2) is 0 Å². The molecule has 4 aromatic rings. The number of hydrogen-bond donors (Lipinski definition) is 1. The first-order valence-corrected chi connectivity index (χ1v) is 10.8. The van der Waals surface area contributed by atoms with Gasteiger partial charge in [0.15, 0.2) is 0 Å². The molecule has 1 aliphatic rings. The van der Waals surface area contributed by atoms with E-state index in [0.29, 0.717) is 0 Å². The number of aryl methyl sites for hydroxylation is 1. The molecule has 0 saturated carbocycles. The van der Waals surface area contributed by atoms with Crippen LogP contribution in [0.15, 0.2) is 120 Å². The van der Waals surface area contributed by atoms with Crippen LogP contribution in [-0.4, -0.2) is 6.21 Å². The van der Waals surface area contributed by atoms with E-state index in [2.05, 4.69) is 66.0 Å². The van der Waals surface area contributed by atoms with E-state index in [1.54, 1.807) is 0 Å². The summed E-state index contributed by atoms with van der Waals surface area (Å²) >= 11 is 0. The highest BCUT2D eigenvalue weighted by atomic mass is 16.5. The van der Waals surface area contributed by atoms with Crippen molar-refractivity contribution in [3.05, 3.63) is 137 Å². The first kappa shape index (κ1) is 19.8. The molecule has 3 heteroatoms. The van der Waals surface area contributed by atoms with Crippen LogP contribution in [0.1, 0.15) is 28.2 Å². The van der Waals surface area contributed by atoms with E-state index < -0.39 is 0 Å². The summed E-state index contributed by atoms with van der Waals surface area (Å²) in [6.45, 7) is 2.16. The third-order valence-electron chi connectivity index (χ3n) is 5.72. The maximum Gasteiger partial charge on any atom is 0.140 e. The summed E-state index contributed by atoms with van der Waals surface area (Å²) in [4.78, 5) is 0. The highest BCUT2D eigenvalue weighted by molar-refractivity contribution is 5.94. The fourth-order valence-corrected chi connectivity index (χ4v) is 4.16. The lowest BCUT2D eigenvalue weighted by Gasteiger charge is -2.30. The molecule has 0 aliphatic carbocycles. The zero-order chi connectivity index (χ0) is 21.8. The number of hydrazone groups is 1. The zero-order valence-electron chi connectivity index (χ0n) is 17.9. The molecular weight excluding hydrogens is 392 g/mol. The molecule has 5 rings (SSSR count). The summed E-state index contributed by atoms with van der Waals surface area (Å²) in [6, 6.07) is 37.0. The quantitative estimate of drug-likeness (QED) is 0.280. The highest BCUT2D eigenvalue weighted by Gasteiger charge is 2.31. The van der Waals surface area contributed by atoms with Crippen LogP contribution >= 0.6 is 0 Å². The van der Waals surface area contributed by atoms with E-state index in [-0.39, 0.29) is 5.92 Å². The number of para-hydroxylation sites is 2. The van der Waals surface area contributed by atoms with E-state index in [4.69, 9.17) is 4.74 Å². The van der Waals surface area contributed by atoms with Gasteiger partial charge in [0, 0.05) is 22.6 Å². The Morgan fingerprint density at radius 2 is 1.34 bits per heavy atom. The second-order valence-electron chi connectivity index (χ2n) is 7.82. The van der Waals surface area contributed by atoms with Gasteiger partial charge in [0.05, 0.1) is 11.9 Å². The average Bonchev–Trinajstić information content (AvgIpc) is 2.85. The Hall–Kier alpha value is -4.11. The van der Waals surface area contributed by atoms with E-state index in [1.165, 1.54) is 11.1 Å². The molecule has 32 heavy (non-hydrogen) atoms. The maximum atomic E-state index is 6.49. The average molecular weight is 417 g/mol. The summed E-state index contributed by atoms with van der Waals surface area (Å²) in [5.74, 6) is 1.72. The Morgan fingerprint density at radius 3 is 2.09 bits per heavy atom. The van der Waals surface area contributed by atoms with Crippen LogP contribution in [0.4, 0.5) is 5.69 Å². The van der Waals surface area contributed by atoms with E-state index in [0.717, 1.165) is 33.9 Å². The Labute approximate surface area is 188 Å². The molecule has 0 amide bonds. The van der Waals surface area contributed by atoms with Gasteiger partial charge < -0.3 is 4.74 Å². The number of allylic oxidation sites excluding steroid dienone is 1. The molecule has 1 unspecified atom stereocenters. The van der Waals surface area contributed by atoms with E-state index in [1.807, 2.05) is 66.9 Å². The van der Waals surface area contributed by atoms with Gasteiger partial charge >= 0.3 is 0 Å². The van der Waals surface area contributed by atoms with Crippen molar-refractivity contribution >= 4 is 17.7 Å². The third-order valence-corrected chi connectivity index (χ3v) is 5.72. The lowest BCUT2D eigenvalue weighted by atomic mass is 9.80. The fourth-order valence-electron chi connectivity index (χ4n) is 4.16. The van der Waals surface area contributed by atoms with Gasteiger partial charge in [-0.1, -0.05) is 91.0 Å². The van der Waals surface area contributed by atoms with Gasteiger partial charge in [0.2, 0.25) is 0 Å². The molecule has 1 heterocycles. The van der Waals surface area contributed by atoms with Crippen molar-refractivity contribution < 1.29 is 4.74 Å². The SMILES string of the molecule is Cc1ccccc1C1C(/C=N/Nc2ccccc2)=C(c2ccccc2)Oc2ccccc21. The number of fused-ring (bicyclic) bond motifs is 1. The number of hydrogen-bond acceptors (Lipinski definition) is 3. The Kier molecular flexibility index (Phi) is 5.54. The van der Waals surface area contributed by atoms with Crippen molar-refractivity contribution in [3.63, 3.8) is 0 Å². The standard InChI is InChI=1S/C29H24N2O/c1-21-12-8-9-17-24(21)28-25-18-10-11-19-27(25)32-29(22-13-4-2-5-14-22)26(28)20-30-31-23-15-6-3-7-16-23/h2-20,28,31H,1H3/b30-20+. The molecule has 0 fully saturated rings. The van der Waals surface area contributed by atoms with Gasteiger partial charge in [-0.2, -0.15) is 5.10 Å². The molecule has 0 aromatic heterocycles. The Bertz CT molecular complexity index is 1280. The van der Waals surface area contributed by atoms with Gasteiger partial charge in [-0.05, 0) is 36.2 Å². The van der Waals surface area contributed by atoms with Crippen molar-refractivity contribution in [2.75, 3.05) is 5.43 Å². The number of benzene rings is 4. The number of nitrogens with one attached hydrogen (secondary N) is 1. The molecule has 4 aromatic carbocycles. The second kappa shape index (κ2) is 8.94. The van der Waals surface area contributed by atoms with E-state index in [9.17, 15) is 0 Å². The predicted octanol–water partition coefficient (Wildman–Crippen LogP) is 7.03. The van der Waals surface area contributed by atoms with Crippen molar-refractivity contribution in [1.82, 2.24) is 0 Å². The summed E-state index contributed by atoms with van der Waals surface area (Å²) in [5.41, 5.74) is 9.77. The molecule has 1 atom stereocenters. The molecule has 0 radical (unpaired) electrons. The van der Waals surface area contributed by atoms with Crippen molar-refractivity contribution in [2.45, 2.75) is 12.8 Å². The lowest BCUT2D eigenvalue weighted by Crippen LogP contribution is -2.18. The molecule has 156 valence electrons. The van der Waals surface area contributed by atoms with Crippen LogP contribution < -0.4 is 10.2 Å². The van der Waals surface area contributed by atoms with Crippen LogP contribution in [-0.2, 0) is 0 Å². The number of ether oxygens (including phenoxy) is 1. The maximum absolute atomic E-state index is 6.49. The van der Waals surface area contributed by atoms with Crippen LogP contribution in [0.5, 0.6) is 5.75 Å². The molecular formula is C29H24N2O. The zero-order valence-corrected chi connectivity index (χ0v) is 17.9. The van der Waals surface area contributed by atoms with Crippen LogP contribution in [0.3, 0.4) is 0 Å². The topological polar surface area (TPSA) is 33.6 Å².